The van der Waals surface area contributed by atoms with Gasteiger partial charge in [-0.15, -0.1) is 0 Å². The molecule has 0 aliphatic carbocycles. The number of aliphatic hydroxyl groups is 1. The molecule has 0 spiro atoms. The van der Waals surface area contributed by atoms with E-state index in [4.69, 9.17) is 9.47 Å². The molecule has 6 atom stereocenters. The molecule has 1 aliphatic rings. The van der Waals surface area contributed by atoms with Crippen molar-refractivity contribution in [3.63, 3.8) is 0 Å². The second kappa shape index (κ2) is 18.5. The van der Waals surface area contributed by atoms with Crippen LogP contribution in [0.4, 0.5) is 0 Å². The second-order valence-corrected chi connectivity index (χ2v) is 14.0. The Kier molecular flexibility index (Phi) is 15.5. The van der Waals surface area contributed by atoms with E-state index >= 15 is 0 Å². The Morgan fingerprint density at radius 1 is 0.708 bits per heavy atom. The molecule has 1 aromatic carbocycles. The largest absolute Gasteiger partial charge is 0.450 e. The van der Waals surface area contributed by atoms with Crippen LogP contribution in [0.5, 0.6) is 0 Å². The van der Waals surface area contributed by atoms with Gasteiger partial charge in [-0.25, -0.2) is 9.59 Å². The van der Waals surface area contributed by atoms with Crippen molar-refractivity contribution < 1.29 is 43.3 Å². The third-order valence-corrected chi connectivity index (χ3v) is 8.06. The van der Waals surface area contributed by atoms with Gasteiger partial charge >= 0.3 is 11.9 Å². The molecule has 13 heteroatoms. The van der Waals surface area contributed by atoms with Gasteiger partial charge in [0.2, 0.25) is 23.8 Å². The van der Waals surface area contributed by atoms with Crippen molar-refractivity contribution >= 4 is 35.6 Å². The summed E-state index contributed by atoms with van der Waals surface area (Å²) >= 11 is 0. The quantitative estimate of drug-likeness (QED) is 0.284. The number of aliphatic hydroxyl groups excluding tert-OH is 1. The summed E-state index contributed by atoms with van der Waals surface area (Å²) < 4.78 is 11.1. The predicted molar refractivity (Wildman–Crippen MR) is 178 cm³/mol. The lowest BCUT2D eigenvalue weighted by atomic mass is 9.97. The second-order valence-electron chi connectivity index (χ2n) is 14.0. The lowest BCUT2D eigenvalue weighted by Gasteiger charge is -2.34. The minimum Gasteiger partial charge on any atom is -0.450 e. The number of carbonyl (C=O) groups excluding carboxylic acids is 6. The molecule has 1 saturated heterocycles. The molecule has 48 heavy (non-hydrogen) atoms. The van der Waals surface area contributed by atoms with Gasteiger partial charge in [-0.3, -0.25) is 19.2 Å². The van der Waals surface area contributed by atoms with E-state index < -0.39 is 90.4 Å². The topological polar surface area (TPSA) is 180 Å². The van der Waals surface area contributed by atoms with Crippen molar-refractivity contribution in [2.24, 2.45) is 23.7 Å². The first-order chi connectivity index (χ1) is 22.5. The highest BCUT2D eigenvalue weighted by Gasteiger charge is 2.39. The number of hydrogen-bond acceptors (Lipinski definition) is 9. The summed E-state index contributed by atoms with van der Waals surface area (Å²) in [6.45, 7) is 13.2. The van der Waals surface area contributed by atoms with Gasteiger partial charge in [-0.05, 0) is 36.2 Å². The number of ether oxygens (including phenoxy) is 2. The van der Waals surface area contributed by atoms with Crippen LogP contribution in [0.15, 0.2) is 30.3 Å². The lowest BCUT2D eigenvalue weighted by Crippen LogP contribution is -2.60. The van der Waals surface area contributed by atoms with Crippen LogP contribution in [0.1, 0.15) is 73.8 Å². The van der Waals surface area contributed by atoms with E-state index in [9.17, 15) is 33.9 Å². The summed E-state index contributed by atoms with van der Waals surface area (Å²) in [5, 5.41) is 17.9. The molecule has 0 saturated carbocycles. The summed E-state index contributed by atoms with van der Waals surface area (Å²) in [6, 6.07) is 4.15. The van der Waals surface area contributed by atoms with Gasteiger partial charge in [0, 0.05) is 19.4 Å². The molecule has 0 radical (unpaired) electrons. The summed E-state index contributed by atoms with van der Waals surface area (Å²) in [7, 11) is 1.47. The normalized spacial score (nSPS) is 25.8. The van der Waals surface area contributed by atoms with Gasteiger partial charge in [0.25, 0.3) is 5.91 Å². The third kappa shape index (κ3) is 11.6. The number of hydrogen-bond donors (Lipinski definition) is 4. The average Bonchev–Trinajstić information content (AvgIpc) is 3.01. The molecule has 1 fully saturated rings. The number of esters is 2. The molecular formula is C35H54N4O9. The van der Waals surface area contributed by atoms with Crippen LogP contribution in [0.2, 0.25) is 0 Å². The van der Waals surface area contributed by atoms with Crippen LogP contribution in [-0.2, 0) is 44.7 Å². The van der Waals surface area contributed by atoms with Gasteiger partial charge in [-0.1, -0.05) is 85.7 Å². The zero-order chi connectivity index (χ0) is 36.3. The van der Waals surface area contributed by atoms with Gasteiger partial charge in [0.1, 0.15) is 18.1 Å². The molecule has 4 amide bonds. The van der Waals surface area contributed by atoms with Crippen LogP contribution in [-0.4, -0.2) is 95.6 Å². The molecule has 2 rings (SSSR count). The maximum absolute atomic E-state index is 14.2. The van der Waals surface area contributed by atoms with Crippen LogP contribution in [0.25, 0.3) is 0 Å². The van der Waals surface area contributed by atoms with Gasteiger partial charge in [0.05, 0.1) is 6.61 Å². The van der Waals surface area contributed by atoms with Crippen molar-refractivity contribution in [3.05, 3.63) is 35.9 Å². The SMILES string of the molecule is CC(C)CC1OC(=O)C(C(C)C)OC(=O)C(CO)NC(=O)C(C(C)C)NC(=O)C(CC(C)C)N(C)C(=O)C(Cc2ccccc2)NC1=O. The van der Waals surface area contributed by atoms with E-state index in [0.29, 0.717) is 0 Å². The summed E-state index contributed by atoms with van der Waals surface area (Å²) in [6.07, 6.45) is -2.40. The lowest BCUT2D eigenvalue weighted by molar-refractivity contribution is -0.178. The third-order valence-electron chi connectivity index (χ3n) is 8.06. The maximum Gasteiger partial charge on any atom is 0.348 e. The molecular weight excluding hydrogens is 620 g/mol. The Hall–Kier alpha value is -4.00. The molecule has 0 bridgehead atoms. The van der Waals surface area contributed by atoms with Crippen molar-refractivity contribution in [1.82, 2.24) is 20.9 Å². The number of likely N-dealkylation sites (N-methyl/N-ethyl adjacent to an activating group) is 1. The maximum atomic E-state index is 14.2. The van der Waals surface area contributed by atoms with Crippen LogP contribution in [0, 0.1) is 23.7 Å². The molecule has 268 valence electrons. The fraction of sp³-hybridized carbons (Fsp3) is 0.657. The number of cyclic esters (lactones) is 2. The van der Waals surface area contributed by atoms with E-state index in [1.165, 1.54) is 11.9 Å². The standard InChI is InChI=1S/C35H54N4O9/c1-19(2)15-26-30(41)38-28(21(5)6)32(43)37-25(18-40)34(45)48-29(22(7)8)35(46)47-27(16-20(3)4)31(42)36-24(33(44)39(26)9)17-23-13-11-10-12-14-23/h10-14,19-22,24-29,40H,15-18H2,1-9H3,(H,36,42)(H,37,43)(H,38,41). The molecule has 6 unspecified atom stereocenters. The number of nitrogens with one attached hydrogen (secondary N) is 3. The smallest absolute Gasteiger partial charge is 0.348 e. The van der Waals surface area contributed by atoms with Crippen molar-refractivity contribution in [2.75, 3.05) is 13.7 Å². The highest BCUT2D eigenvalue weighted by molar-refractivity contribution is 5.96. The summed E-state index contributed by atoms with van der Waals surface area (Å²) in [4.78, 5) is 83.2. The highest BCUT2D eigenvalue weighted by Crippen LogP contribution is 2.19. The van der Waals surface area contributed by atoms with E-state index in [0.717, 1.165) is 5.56 Å². The Balaban J connectivity index is 2.69. The Labute approximate surface area is 283 Å². The zero-order valence-electron chi connectivity index (χ0n) is 29.6. The molecule has 4 N–H and O–H groups in total. The highest BCUT2D eigenvalue weighted by atomic mass is 16.6. The number of nitrogens with zero attached hydrogens (tertiary/aromatic N) is 1. The Morgan fingerprint density at radius 3 is 1.81 bits per heavy atom. The first-order valence-electron chi connectivity index (χ1n) is 16.7. The van der Waals surface area contributed by atoms with Crippen molar-refractivity contribution in [1.29, 1.82) is 0 Å². The number of carbonyl (C=O) groups is 6. The number of benzene rings is 1. The Bertz CT molecular complexity index is 1270. The fourth-order valence-corrected chi connectivity index (χ4v) is 5.33. The van der Waals surface area contributed by atoms with Crippen LogP contribution in [0.3, 0.4) is 0 Å². The molecule has 1 aromatic rings. The summed E-state index contributed by atoms with van der Waals surface area (Å²) in [5.41, 5.74) is 0.746. The van der Waals surface area contributed by atoms with Crippen molar-refractivity contribution in [3.8, 4) is 0 Å². The van der Waals surface area contributed by atoms with Crippen LogP contribution < -0.4 is 16.0 Å². The fourth-order valence-electron chi connectivity index (χ4n) is 5.33. The monoisotopic (exact) mass is 674 g/mol. The molecule has 0 aromatic heterocycles. The van der Waals surface area contributed by atoms with Gasteiger partial charge in [-0.2, -0.15) is 0 Å². The van der Waals surface area contributed by atoms with E-state index in [1.54, 1.807) is 39.8 Å². The van der Waals surface area contributed by atoms with E-state index in [1.807, 2.05) is 45.9 Å². The van der Waals surface area contributed by atoms with Gasteiger partial charge in [0.15, 0.2) is 12.1 Å². The predicted octanol–water partition coefficient (Wildman–Crippen LogP) is 1.74. The minimum absolute atomic E-state index is 0.0420. The van der Waals surface area contributed by atoms with E-state index in [2.05, 4.69) is 16.0 Å². The first-order valence-corrected chi connectivity index (χ1v) is 16.7. The van der Waals surface area contributed by atoms with Crippen LogP contribution >= 0.6 is 0 Å². The Morgan fingerprint density at radius 2 is 1.29 bits per heavy atom. The van der Waals surface area contributed by atoms with E-state index in [-0.39, 0.29) is 31.1 Å². The summed E-state index contributed by atoms with van der Waals surface area (Å²) in [5.74, 6) is -5.94. The number of rotatable bonds is 9. The molecule has 13 nitrogen and oxygen atoms in total. The number of amides is 4. The molecule has 1 heterocycles. The zero-order valence-corrected chi connectivity index (χ0v) is 29.6. The average molecular weight is 675 g/mol. The molecule has 1 aliphatic heterocycles. The van der Waals surface area contributed by atoms with Gasteiger partial charge < -0.3 is 35.4 Å². The van der Waals surface area contributed by atoms with Crippen molar-refractivity contribution in [2.45, 2.75) is 111 Å². The minimum atomic E-state index is -1.56. The first kappa shape index (κ1) is 40.2.